The Bertz CT molecular complexity index is 986. The van der Waals surface area contributed by atoms with Gasteiger partial charge in [0.25, 0.3) is 5.91 Å². The topological polar surface area (TPSA) is 75.9 Å². The van der Waals surface area contributed by atoms with Crippen molar-refractivity contribution in [3.05, 3.63) is 51.7 Å². The summed E-state index contributed by atoms with van der Waals surface area (Å²) in [6, 6.07) is 6.09. The van der Waals surface area contributed by atoms with Crippen molar-refractivity contribution in [3.63, 3.8) is 0 Å². The zero-order chi connectivity index (χ0) is 19.7. The molecule has 7 nitrogen and oxygen atoms in total. The molecule has 3 aromatic heterocycles. The van der Waals surface area contributed by atoms with Crippen LogP contribution in [0, 0.1) is 20.8 Å². The molecule has 4 heterocycles. The van der Waals surface area contributed by atoms with Crippen molar-refractivity contribution >= 4 is 23.1 Å². The van der Waals surface area contributed by atoms with E-state index in [9.17, 15) is 4.79 Å². The molecule has 1 saturated heterocycles. The first-order valence-corrected chi connectivity index (χ1v) is 10.3. The molecule has 0 radical (unpaired) electrons. The van der Waals surface area contributed by atoms with E-state index in [0.29, 0.717) is 0 Å². The van der Waals surface area contributed by atoms with Gasteiger partial charge in [0.2, 0.25) is 0 Å². The van der Waals surface area contributed by atoms with E-state index in [0.717, 1.165) is 58.7 Å². The molecule has 0 unspecified atom stereocenters. The highest BCUT2D eigenvalue weighted by atomic mass is 32.1. The summed E-state index contributed by atoms with van der Waals surface area (Å²) in [7, 11) is 0. The fourth-order valence-electron chi connectivity index (χ4n) is 3.53. The van der Waals surface area contributed by atoms with E-state index in [2.05, 4.69) is 20.3 Å². The van der Waals surface area contributed by atoms with Crippen LogP contribution in [0.2, 0.25) is 0 Å². The lowest BCUT2D eigenvalue weighted by Crippen LogP contribution is -2.44. The Morgan fingerprint density at radius 2 is 1.89 bits per heavy atom. The number of rotatable bonds is 4. The number of carbonyl (C=O) groups is 1. The van der Waals surface area contributed by atoms with Crippen LogP contribution in [0.1, 0.15) is 38.8 Å². The van der Waals surface area contributed by atoms with Crippen LogP contribution in [-0.4, -0.2) is 44.8 Å². The molecule has 3 aromatic rings. The molecule has 0 aliphatic carbocycles. The molecule has 0 aromatic carbocycles. The second-order valence-corrected chi connectivity index (χ2v) is 8.51. The lowest BCUT2D eigenvalue weighted by atomic mass is 10.1. The van der Waals surface area contributed by atoms with Crippen molar-refractivity contribution in [1.82, 2.24) is 25.1 Å². The predicted octanol–water partition coefficient (Wildman–Crippen LogP) is 3.05. The zero-order valence-corrected chi connectivity index (χ0v) is 17.2. The van der Waals surface area contributed by atoms with E-state index >= 15 is 0 Å². The molecule has 28 heavy (non-hydrogen) atoms. The predicted molar refractivity (Wildman–Crippen MR) is 110 cm³/mol. The van der Waals surface area contributed by atoms with Crippen molar-refractivity contribution in [2.75, 3.05) is 18.0 Å². The third-order valence-corrected chi connectivity index (χ3v) is 5.95. The van der Waals surface area contributed by atoms with Crippen LogP contribution >= 0.6 is 11.3 Å². The highest BCUT2D eigenvalue weighted by Crippen LogP contribution is 2.20. The van der Waals surface area contributed by atoms with Gasteiger partial charge in [-0.25, -0.2) is 9.67 Å². The Hall–Kier alpha value is -2.74. The van der Waals surface area contributed by atoms with Crippen LogP contribution in [0.25, 0.3) is 5.82 Å². The van der Waals surface area contributed by atoms with Gasteiger partial charge in [-0.3, -0.25) is 9.78 Å². The number of nitrogens with zero attached hydrogens (tertiary/aromatic N) is 5. The largest absolute Gasteiger partial charge is 0.355 e. The fraction of sp³-hybridized carbons (Fsp3) is 0.400. The number of hydrogen-bond donors (Lipinski definition) is 1. The molecule has 1 amide bonds. The quantitative estimate of drug-likeness (QED) is 0.734. The molecule has 8 heteroatoms. The van der Waals surface area contributed by atoms with E-state index in [4.69, 9.17) is 4.98 Å². The van der Waals surface area contributed by atoms with Gasteiger partial charge in [-0.15, -0.1) is 11.3 Å². The molecule has 1 fully saturated rings. The van der Waals surface area contributed by atoms with Gasteiger partial charge in [0.15, 0.2) is 5.82 Å². The first-order valence-electron chi connectivity index (χ1n) is 9.47. The van der Waals surface area contributed by atoms with E-state index in [1.165, 1.54) is 11.3 Å². The molecule has 0 saturated carbocycles. The number of hydrogen-bond acceptors (Lipinski definition) is 6. The van der Waals surface area contributed by atoms with Crippen LogP contribution < -0.4 is 10.2 Å². The average molecular weight is 397 g/mol. The summed E-state index contributed by atoms with van der Waals surface area (Å²) in [5, 5.41) is 7.65. The molecule has 4 rings (SSSR count). The molecule has 146 valence electrons. The molecule has 1 aliphatic rings. The number of aromatic nitrogens is 4. The van der Waals surface area contributed by atoms with Gasteiger partial charge in [-0.1, -0.05) is 0 Å². The zero-order valence-electron chi connectivity index (χ0n) is 16.3. The second-order valence-electron chi connectivity index (χ2n) is 7.22. The van der Waals surface area contributed by atoms with Crippen LogP contribution in [-0.2, 0) is 0 Å². The highest BCUT2D eigenvalue weighted by molar-refractivity contribution is 7.13. The molecular weight excluding hydrogens is 372 g/mol. The molecule has 0 atom stereocenters. The lowest BCUT2D eigenvalue weighted by molar-refractivity contribution is 0.0935. The number of anilines is 1. The standard InChI is InChI=1S/C20H24N6OS/c1-13-10-14(2)26(24-13)19-12-21-11-18(23-19)25-8-6-16(7-9-25)22-20(27)17-5-4-15(3)28-17/h4-5,10-12,16H,6-9H2,1-3H3,(H,22,27). The minimum Gasteiger partial charge on any atom is -0.355 e. The maximum Gasteiger partial charge on any atom is 0.261 e. The Morgan fingerprint density at radius 1 is 1.14 bits per heavy atom. The van der Waals surface area contributed by atoms with Crippen molar-refractivity contribution < 1.29 is 4.79 Å². The smallest absolute Gasteiger partial charge is 0.261 e. The number of piperidine rings is 1. The second kappa shape index (κ2) is 7.71. The van der Waals surface area contributed by atoms with Crippen molar-refractivity contribution in [3.8, 4) is 5.82 Å². The summed E-state index contributed by atoms with van der Waals surface area (Å²) in [6.45, 7) is 7.67. The number of carbonyl (C=O) groups excluding carboxylic acids is 1. The van der Waals surface area contributed by atoms with Crippen molar-refractivity contribution in [2.24, 2.45) is 0 Å². The molecule has 0 spiro atoms. The van der Waals surface area contributed by atoms with E-state index < -0.39 is 0 Å². The van der Waals surface area contributed by atoms with Gasteiger partial charge in [0.1, 0.15) is 5.82 Å². The van der Waals surface area contributed by atoms with Gasteiger partial charge in [-0.05, 0) is 51.8 Å². The maximum atomic E-state index is 12.4. The molecule has 1 N–H and O–H groups in total. The SMILES string of the molecule is Cc1cc(C)n(-c2cncc(N3CCC(NC(=O)c4ccc(C)s4)CC3)n2)n1. The van der Waals surface area contributed by atoms with Crippen LogP contribution in [0.3, 0.4) is 0 Å². The maximum absolute atomic E-state index is 12.4. The van der Waals surface area contributed by atoms with Gasteiger partial charge in [-0.2, -0.15) is 5.10 Å². The van der Waals surface area contributed by atoms with Gasteiger partial charge in [0, 0.05) is 29.7 Å². The van der Waals surface area contributed by atoms with Crippen LogP contribution in [0.5, 0.6) is 0 Å². The first-order chi connectivity index (χ1) is 13.5. The summed E-state index contributed by atoms with van der Waals surface area (Å²) >= 11 is 1.54. The number of amides is 1. The Morgan fingerprint density at radius 3 is 2.54 bits per heavy atom. The summed E-state index contributed by atoms with van der Waals surface area (Å²) in [4.78, 5) is 25.6. The third-order valence-electron chi connectivity index (χ3n) is 4.95. The number of aryl methyl sites for hydroxylation is 3. The highest BCUT2D eigenvalue weighted by Gasteiger charge is 2.23. The van der Waals surface area contributed by atoms with Gasteiger partial charge >= 0.3 is 0 Å². The molecule has 1 aliphatic heterocycles. The molecule has 0 bridgehead atoms. The lowest BCUT2D eigenvalue weighted by Gasteiger charge is -2.33. The van der Waals surface area contributed by atoms with Crippen LogP contribution in [0.15, 0.2) is 30.6 Å². The van der Waals surface area contributed by atoms with Crippen molar-refractivity contribution in [2.45, 2.75) is 39.7 Å². The summed E-state index contributed by atoms with van der Waals surface area (Å²) in [6.07, 6.45) is 5.31. The third kappa shape index (κ3) is 3.91. The van der Waals surface area contributed by atoms with Gasteiger partial charge < -0.3 is 10.2 Å². The van der Waals surface area contributed by atoms with E-state index in [1.807, 2.05) is 43.7 Å². The summed E-state index contributed by atoms with van der Waals surface area (Å²) < 4.78 is 1.82. The van der Waals surface area contributed by atoms with E-state index in [-0.39, 0.29) is 11.9 Å². The van der Waals surface area contributed by atoms with Crippen molar-refractivity contribution in [1.29, 1.82) is 0 Å². The first kappa shape index (κ1) is 18.6. The summed E-state index contributed by atoms with van der Waals surface area (Å²) in [5.74, 6) is 1.61. The molecular formula is C20H24N6OS. The van der Waals surface area contributed by atoms with Gasteiger partial charge in [0.05, 0.1) is 23.0 Å². The van der Waals surface area contributed by atoms with Crippen LogP contribution in [0.4, 0.5) is 5.82 Å². The Balaban J connectivity index is 1.39. The Labute approximate surface area is 168 Å². The average Bonchev–Trinajstić information content (AvgIpc) is 3.27. The number of nitrogens with one attached hydrogen (secondary N) is 1. The number of thiophene rings is 1. The fourth-order valence-corrected chi connectivity index (χ4v) is 4.30. The Kier molecular flexibility index (Phi) is 5.13. The normalized spacial score (nSPS) is 15.0. The minimum atomic E-state index is 0.0304. The minimum absolute atomic E-state index is 0.0304. The monoisotopic (exact) mass is 396 g/mol. The van der Waals surface area contributed by atoms with E-state index in [1.54, 1.807) is 12.4 Å². The summed E-state index contributed by atoms with van der Waals surface area (Å²) in [5.41, 5.74) is 2.00.